The first-order chi connectivity index (χ1) is 13.5. The summed E-state index contributed by atoms with van der Waals surface area (Å²) in [4.78, 5) is 12.4. The lowest BCUT2D eigenvalue weighted by molar-refractivity contribution is -0.129. The maximum Gasteiger partial charge on any atom is 0.223 e. The molecule has 2 aromatic rings. The second-order valence-electron chi connectivity index (χ2n) is 8.89. The van der Waals surface area contributed by atoms with Crippen molar-refractivity contribution in [2.45, 2.75) is 65.0 Å². The van der Waals surface area contributed by atoms with Crippen LogP contribution in [0.15, 0.2) is 40.9 Å². The molecule has 2 aliphatic carbocycles. The van der Waals surface area contributed by atoms with Crippen molar-refractivity contribution in [1.29, 1.82) is 0 Å². The molecule has 2 saturated carbocycles. The van der Waals surface area contributed by atoms with Crippen molar-refractivity contribution >= 4 is 5.91 Å². The molecule has 1 aromatic heterocycles. The Morgan fingerprint density at radius 1 is 1.25 bits per heavy atom. The Bertz CT molecular complexity index is 793. The van der Waals surface area contributed by atoms with E-state index in [1.54, 1.807) is 0 Å². The lowest BCUT2D eigenvalue weighted by Crippen LogP contribution is -2.59. The van der Waals surface area contributed by atoms with Crippen LogP contribution >= 0.6 is 0 Å². The van der Waals surface area contributed by atoms with Gasteiger partial charge < -0.3 is 14.6 Å². The van der Waals surface area contributed by atoms with E-state index in [9.17, 15) is 4.79 Å². The largest absolute Gasteiger partial charge is 0.486 e. The normalized spacial score (nSPS) is 23.9. The average Bonchev–Trinajstić information content (AvgIpc) is 3.38. The second-order valence-corrected chi connectivity index (χ2v) is 8.89. The quantitative estimate of drug-likeness (QED) is 0.765. The Morgan fingerprint density at radius 3 is 2.71 bits per heavy atom. The smallest absolute Gasteiger partial charge is 0.223 e. The minimum absolute atomic E-state index is 0.0773. The highest BCUT2D eigenvalue weighted by Crippen LogP contribution is 2.48. The predicted octanol–water partition coefficient (Wildman–Crippen LogP) is 4.52. The Hall–Kier alpha value is -2.30. The molecule has 2 atom stereocenters. The van der Waals surface area contributed by atoms with Crippen LogP contribution in [0, 0.1) is 17.3 Å². The minimum Gasteiger partial charge on any atom is -0.486 e. The van der Waals surface area contributed by atoms with Gasteiger partial charge in [-0.3, -0.25) is 4.79 Å². The lowest BCUT2D eigenvalue weighted by atomic mass is 9.57. The van der Waals surface area contributed by atoms with Gasteiger partial charge in [0, 0.05) is 18.0 Å². The van der Waals surface area contributed by atoms with Gasteiger partial charge in [-0.25, -0.2) is 0 Å². The molecule has 5 nitrogen and oxygen atoms in total. The average molecular weight is 383 g/mol. The van der Waals surface area contributed by atoms with E-state index in [0.29, 0.717) is 12.5 Å². The monoisotopic (exact) mass is 382 g/mol. The van der Waals surface area contributed by atoms with E-state index in [0.717, 1.165) is 42.9 Å². The number of ether oxygens (including phenoxy) is 1. The highest BCUT2D eigenvalue weighted by Gasteiger charge is 2.49. The molecule has 0 aliphatic heterocycles. The first kappa shape index (κ1) is 19.0. The maximum absolute atomic E-state index is 12.4. The third-order valence-corrected chi connectivity index (χ3v) is 6.70. The molecule has 0 saturated heterocycles. The Kier molecular flexibility index (Phi) is 5.42. The highest BCUT2D eigenvalue weighted by molar-refractivity contribution is 5.79. The minimum atomic E-state index is 0.0773. The summed E-state index contributed by atoms with van der Waals surface area (Å²) in [6, 6.07) is 12.0. The van der Waals surface area contributed by atoms with Gasteiger partial charge in [0.15, 0.2) is 5.76 Å². The van der Waals surface area contributed by atoms with E-state index in [-0.39, 0.29) is 23.3 Å². The van der Waals surface area contributed by atoms with Crippen LogP contribution in [-0.4, -0.2) is 17.1 Å². The maximum atomic E-state index is 12.4. The first-order valence-electron chi connectivity index (χ1n) is 10.4. The van der Waals surface area contributed by atoms with Gasteiger partial charge in [-0.1, -0.05) is 50.0 Å². The van der Waals surface area contributed by atoms with E-state index >= 15 is 0 Å². The fourth-order valence-electron chi connectivity index (χ4n) is 4.53. The third-order valence-electron chi connectivity index (χ3n) is 6.70. The van der Waals surface area contributed by atoms with Crippen molar-refractivity contribution in [1.82, 2.24) is 10.5 Å². The predicted molar refractivity (Wildman–Crippen MR) is 107 cm³/mol. The Morgan fingerprint density at radius 2 is 2.00 bits per heavy atom. The number of benzene rings is 1. The van der Waals surface area contributed by atoms with Gasteiger partial charge in [-0.2, -0.15) is 0 Å². The molecule has 2 unspecified atom stereocenters. The molecule has 1 N–H and O–H groups in total. The number of hydrogen-bond acceptors (Lipinski definition) is 4. The molecule has 1 aromatic carbocycles. The molecular weight excluding hydrogens is 352 g/mol. The van der Waals surface area contributed by atoms with Crippen LogP contribution in [-0.2, 0) is 17.8 Å². The number of rotatable bonds is 7. The number of aromatic nitrogens is 1. The topological polar surface area (TPSA) is 64.4 Å². The summed E-state index contributed by atoms with van der Waals surface area (Å²) in [6.07, 6.45) is 6.37. The number of carbonyl (C=O) groups is 1. The molecule has 4 rings (SSSR count). The van der Waals surface area contributed by atoms with Gasteiger partial charge in [0.1, 0.15) is 12.4 Å². The molecule has 1 heterocycles. The fraction of sp³-hybridized carbons (Fsp3) is 0.565. The molecule has 1 amide bonds. The zero-order chi connectivity index (χ0) is 19.6. The van der Waals surface area contributed by atoms with Crippen LogP contribution < -0.4 is 10.1 Å². The first-order valence-corrected chi connectivity index (χ1v) is 10.4. The van der Waals surface area contributed by atoms with Gasteiger partial charge in [0.25, 0.3) is 0 Å². The molecule has 2 fully saturated rings. The van der Waals surface area contributed by atoms with E-state index in [2.05, 4.69) is 24.3 Å². The number of hydrogen-bond donors (Lipinski definition) is 1. The number of amides is 1. The van der Waals surface area contributed by atoms with E-state index in [1.165, 1.54) is 12.8 Å². The SMILES string of the molecule is CC1(C)C(Cc2cc(COc3ccccc3)on2)CC1NC(=O)C1CCCC1. The molecular formula is C23H30N2O3. The number of para-hydroxylation sites is 1. The van der Waals surface area contributed by atoms with Crippen LogP contribution in [0.4, 0.5) is 0 Å². The summed E-state index contributed by atoms with van der Waals surface area (Å²) in [5.74, 6) is 2.55. The Balaban J connectivity index is 1.27. The summed E-state index contributed by atoms with van der Waals surface area (Å²) in [5.41, 5.74) is 1.04. The summed E-state index contributed by atoms with van der Waals surface area (Å²) < 4.78 is 11.2. The van der Waals surface area contributed by atoms with Crippen molar-refractivity contribution in [2.75, 3.05) is 0 Å². The zero-order valence-corrected chi connectivity index (χ0v) is 16.8. The van der Waals surface area contributed by atoms with Gasteiger partial charge in [-0.15, -0.1) is 0 Å². The van der Waals surface area contributed by atoms with Crippen molar-refractivity contribution in [3.63, 3.8) is 0 Å². The molecule has 0 bridgehead atoms. The van der Waals surface area contributed by atoms with E-state index < -0.39 is 0 Å². The van der Waals surface area contributed by atoms with Crippen LogP contribution in [0.25, 0.3) is 0 Å². The molecule has 5 heteroatoms. The Labute approximate surface area is 166 Å². The summed E-state index contributed by atoms with van der Waals surface area (Å²) in [7, 11) is 0. The molecule has 28 heavy (non-hydrogen) atoms. The molecule has 2 aliphatic rings. The number of carbonyl (C=O) groups excluding carboxylic acids is 1. The van der Waals surface area contributed by atoms with Crippen molar-refractivity contribution in [3.05, 3.63) is 47.9 Å². The van der Waals surface area contributed by atoms with Crippen LogP contribution in [0.2, 0.25) is 0 Å². The summed E-state index contributed by atoms with van der Waals surface area (Å²) in [6.45, 7) is 4.88. The lowest BCUT2D eigenvalue weighted by Gasteiger charge is -2.52. The van der Waals surface area contributed by atoms with Gasteiger partial charge in [0.05, 0.1) is 5.69 Å². The second kappa shape index (κ2) is 7.98. The third kappa shape index (κ3) is 4.08. The van der Waals surface area contributed by atoms with Crippen molar-refractivity contribution in [2.24, 2.45) is 17.3 Å². The summed E-state index contributed by atoms with van der Waals surface area (Å²) >= 11 is 0. The highest BCUT2D eigenvalue weighted by atomic mass is 16.5. The number of nitrogens with zero attached hydrogens (tertiary/aromatic N) is 1. The van der Waals surface area contributed by atoms with E-state index in [4.69, 9.17) is 9.26 Å². The van der Waals surface area contributed by atoms with Crippen molar-refractivity contribution < 1.29 is 14.1 Å². The molecule has 150 valence electrons. The molecule has 0 radical (unpaired) electrons. The van der Waals surface area contributed by atoms with Gasteiger partial charge in [0.2, 0.25) is 5.91 Å². The standard InChI is InChI=1S/C23H30N2O3/c1-23(2)17(13-21(23)24-22(26)16-8-6-7-9-16)12-18-14-20(28-25-18)15-27-19-10-4-3-5-11-19/h3-5,10-11,14,16-17,21H,6-9,12-13,15H2,1-2H3,(H,24,26). The fourth-order valence-corrected chi connectivity index (χ4v) is 4.53. The van der Waals surface area contributed by atoms with Crippen LogP contribution in [0.3, 0.4) is 0 Å². The summed E-state index contributed by atoms with van der Waals surface area (Å²) in [5, 5.41) is 7.53. The van der Waals surface area contributed by atoms with Crippen LogP contribution in [0.5, 0.6) is 5.75 Å². The van der Waals surface area contributed by atoms with Crippen molar-refractivity contribution in [3.8, 4) is 5.75 Å². The van der Waals surface area contributed by atoms with Crippen LogP contribution in [0.1, 0.15) is 57.4 Å². The molecule has 0 spiro atoms. The number of nitrogens with one attached hydrogen (secondary N) is 1. The van der Waals surface area contributed by atoms with Gasteiger partial charge >= 0.3 is 0 Å². The van der Waals surface area contributed by atoms with Gasteiger partial charge in [-0.05, 0) is 49.1 Å². The zero-order valence-electron chi connectivity index (χ0n) is 16.8. The van der Waals surface area contributed by atoms with E-state index in [1.807, 2.05) is 36.4 Å².